The molecule has 6 atom stereocenters. The third-order valence-corrected chi connectivity index (χ3v) is 7.71. The largest absolute Gasteiger partial charge is 0.416 e. The summed E-state index contributed by atoms with van der Waals surface area (Å²) in [5, 5.41) is 18.2. The Hall–Kier alpha value is -2.35. The van der Waals surface area contributed by atoms with Crippen molar-refractivity contribution in [3.8, 4) is 6.07 Å². The number of anilines is 1. The quantitative estimate of drug-likeness (QED) is 0.638. The molecule has 7 nitrogen and oxygen atoms in total. The second-order valence-electron chi connectivity index (χ2n) is 9.57. The molecule has 3 heterocycles. The fraction of sp³-hybridized carbons (Fsp3) is 0.652. The Kier molecular flexibility index (Phi) is 5.97. The lowest BCUT2D eigenvalue weighted by Gasteiger charge is -2.46. The minimum Gasteiger partial charge on any atom is -0.368 e. The van der Waals surface area contributed by atoms with Crippen molar-refractivity contribution in [3.05, 3.63) is 29.8 Å². The summed E-state index contributed by atoms with van der Waals surface area (Å²) in [5.41, 5.74) is 3.24. The average Bonchev–Trinajstić information content (AvgIpc) is 3.11. The zero-order valence-corrected chi connectivity index (χ0v) is 18.3. The molecular formula is C23H29F3N6O. The van der Waals surface area contributed by atoms with Crippen LogP contribution in [-0.4, -0.2) is 59.7 Å². The summed E-state index contributed by atoms with van der Waals surface area (Å²) in [4.78, 5) is 15.3. The lowest BCUT2D eigenvalue weighted by atomic mass is 9.79. The molecule has 1 saturated carbocycles. The van der Waals surface area contributed by atoms with Crippen LogP contribution in [0.4, 0.5) is 18.9 Å². The SMILES string of the molecule is N#C[C@H]1C[C@@H](N2CCC2)CC[C@@H]1N1NC(Nc2ccc(C(F)(F)F)cc2)C2C(=O)NCCC21. The zero-order chi connectivity index (χ0) is 23.2. The number of carbonyl (C=O) groups is 1. The van der Waals surface area contributed by atoms with Gasteiger partial charge in [0.15, 0.2) is 0 Å². The molecule has 1 aromatic rings. The van der Waals surface area contributed by atoms with E-state index in [1.165, 1.54) is 18.6 Å². The maximum atomic E-state index is 12.9. The Labute approximate surface area is 191 Å². The molecule has 3 saturated heterocycles. The van der Waals surface area contributed by atoms with Gasteiger partial charge in [-0.3, -0.25) is 4.79 Å². The van der Waals surface area contributed by atoms with Crippen LogP contribution < -0.4 is 16.1 Å². The van der Waals surface area contributed by atoms with Crippen LogP contribution in [0.2, 0.25) is 0 Å². The number of carbonyl (C=O) groups excluding carboxylic acids is 1. The number of nitrogens with zero attached hydrogens (tertiary/aromatic N) is 3. The van der Waals surface area contributed by atoms with E-state index in [2.05, 4.69) is 32.0 Å². The number of nitriles is 1. The number of hydrogen-bond acceptors (Lipinski definition) is 6. The first-order valence-corrected chi connectivity index (χ1v) is 11.7. The maximum Gasteiger partial charge on any atom is 0.416 e. The van der Waals surface area contributed by atoms with Gasteiger partial charge in [0.25, 0.3) is 0 Å². The molecule has 3 N–H and O–H groups in total. The number of halogens is 3. The Balaban J connectivity index is 1.33. The van der Waals surface area contributed by atoms with Gasteiger partial charge in [-0.25, -0.2) is 10.4 Å². The van der Waals surface area contributed by atoms with Gasteiger partial charge >= 0.3 is 6.18 Å². The van der Waals surface area contributed by atoms with E-state index in [9.17, 15) is 23.2 Å². The van der Waals surface area contributed by atoms with Crippen LogP contribution in [0, 0.1) is 23.2 Å². The number of hydrazine groups is 1. The Morgan fingerprint density at radius 2 is 1.85 bits per heavy atom. The van der Waals surface area contributed by atoms with Crippen molar-refractivity contribution in [3.63, 3.8) is 0 Å². The van der Waals surface area contributed by atoms with Crippen molar-refractivity contribution in [2.24, 2.45) is 11.8 Å². The molecule has 0 bridgehead atoms. The molecule has 0 spiro atoms. The maximum absolute atomic E-state index is 12.9. The number of benzene rings is 1. The number of piperidine rings is 1. The fourth-order valence-electron chi connectivity index (χ4n) is 5.88. The number of alkyl halides is 3. The van der Waals surface area contributed by atoms with Crippen LogP contribution in [0.3, 0.4) is 0 Å². The fourth-order valence-corrected chi connectivity index (χ4v) is 5.88. The lowest BCUT2D eigenvalue weighted by molar-refractivity contribution is -0.137. The van der Waals surface area contributed by atoms with Gasteiger partial charge in [-0.05, 0) is 69.5 Å². The second-order valence-corrected chi connectivity index (χ2v) is 9.57. The molecule has 4 fully saturated rings. The second kappa shape index (κ2) is 8.78. The summed E-state index contributed by atoms with van der Waals surface area (Å²) in [5.74, 6) is -0.603. The molecule has 33 heavy (non-hydrogen) atoms. The van der Waals surface area contributed by atoms with Crippen LogP contribution >= 0.6 is 0 Å². The molecular weight excluding hydrogens is 433 g/mol. The Morgan fingerprint density at radius 3 is 2.48 bits per heavy atom. The highest BCUT2D eigenvalue weighted by molar-refractivity contribution is 5.82. The van der Waals surface area contributed by atoms with Gasteiger partial charge in [-0.15, -0.1) is 0 Å². The van der Waals surface area contributed by atoms with Crippen LogP contribution in [0.25, 0.3) is 0 Å². The van der Waals surface area contributed by atoms with E-state index in [-0.39, 0.29) is 23.9 Å². The molecule has 3 aliphatic heterocycles. The average molecular weight is 463 g/mol. The summed E-state index contributed by atoms with van der Waals surface area (Å²) in [7, 11) is 0. The minimum absolute atomic E-state index is 0.00494. The summed E-state index contributed by atoms with van der Waals surface area (Å²) in [6.07, 6.45) is -0.123. The molecule has 5 rings (SSSR count). The molecule has 1 amide bonds. The number of nitrogens with one attached hydrogen (secondary N) is 3. The van der Waals surface area contributed by atoms with Crippen molar-refractivity contribution in [1.82, 2.24) is 20.7 Å². The highest BCUT2D eigenvalue weighted by Gasteiger charge is 2.52. The first kappa shape index (κ1) is 22.4. The van der Waals surface area contributed by atoms with Crippen LogP contribution in [-0.2, 0) is 11.0 Å². The summed E-state index contributed by atoms with van der Waals surface area (Å²) < 4.78 is 38.7. The molecule has 3 unspecified atom stereocenters. The van der Waals surface area contributed by atoms with Gasteiger partial charge in [0.2, 0.25) is 5.91 Å². The number of likely N-dealkylation sites (tertiary alicyclic amines) is 1. The lowest BCUT2D eigenvalue weighted by Crippen LogP contribution is -2.57. The van der Waals surface area contributed by atoms with Crippen molar-refractivity contribution in [1.29, 1.82) is 5.26 Å². The first-order chi connectivity index (χ1) is 15.8. The summed E-state index contributed by atoms with van der Waals surface area (Å²) in [6.45, 7) is 2.80. The highest BCUT2D eigenvalue weighted by atomic mass is 19.4. The smallest absolute Gasteiger partial charge is 0.368 e. The first-order valence-electron chi connectivity index (χ1n) is 11.7. The third-order valence-electron chi connectivity index (χ3n) is 7.71. The van der Waals surface area contributed by atoms with Crippen LogP contribution in [0.1, 0.15) is 37.7 Å². The standard InChI is InChI=1S/C23H29F3N6O/c24-23(25,26)15-2-4-16(5-3-15)29-21-20-19(8-9-28-22(20)33)32(30-21)18-7-6-17(12-14(18)13-27)31-10-1-11-31/h2-5,14,17-21,29-30H,1,6-12H2,(H,28,33)/t14-,17+,18+,19?,20?,21?/m1/s1. The van der Waals surface area contributed by atoms with E-state index in [0.717, 1.165) is 50.9 Å². The normalized spacial score (nSPS) is 35.3. The van der Waals surface area contributed by atoms with Crippen molar-refractivity contribution in [2.75, 3.05) is 25.0 Å². The van der Waals surface area contributed by atoms with E-state index in [1.807, 2.05) is 0 Å². The number of rotatable bonds is 4. The number of hydrogen-bond donors (Lipinski definition) is 3. The van der Waals surface area contributed by atoms with Gasteiger partial charge < -0.3 is 15.5 Å². The van der Waals surface area contributed by atoms with Crippen molar-refractivity contribution in [2.45, 2.75) is 62.6 Å². The molecule has 1 aromatic carbocycles. The van der Waals surface area contributed by atoms with E-state index in [0.29, 0.717) is 18.3 Å². The summed E-state index contributed by atoms with van der Waals surface area (Å²) >= 11 is 0. The highest BCUT2D eigenvalue weighted by Crippen LogP contribution is 2.38. The van der Waals surface area contributed by atoms with Gasteiger partial charge in [-0.2, -0.15) is 18.4 Å². The molecule has 0 radical (unpaired) electrons. The van der Waals surface area contributed by atoms with Crippen molar-refractivity contribution < 1.29 is 18.0 Å². The van der Waals surface area contributed by atoms with E-state index >= 15 is 0 Å². The Morgan fingerprint density at radius 1 is 1.09 bits per heavy atom. The molecule has 178 valence electrons. The van der Waals surface area contributed by atoms with Gasteiger partial charge in [0, 0.05) is 30.4 Å². The molecule has 0 aromatic heterocycles. The Bertz CT molecular complexity index is 912. The van der Waals surface area contributed by atoms with Crippen LogP contribution in [0.15, 0.2) is 24.3 Å². The van der Waals surface area contributed by atoms with Crippen molar-refractivity contribution >= 4 is 11.6 Å². The van der Waals surface area contributed by atoms with Gasteiger partial charge in [0.05, 0.1) is 23.5 Å². The van der Waals surface area contributed by atoms with Crippen LogP contribution in [0.5, 0.6) is 0 Å². The topological polar surface area (TPSA) is 83.4 Å². The zero-order valence-electron chi connectivity index (χ0n) is 18.3. The predicted octanol–water partition coefficient (Wildman–Crippen LogP) is 2.53. The third kappa shape index (κ3) is 4.29. The van der Waals surface area contributed by atoms with Gasteiger partial charge in [-0.1, -0.05) is 0 Å². The molecule has 1 aliphatic carbocycles. The van der Waals surface area contributed by atoms with E-state index < -0.39 is 23.8 Å². The van der Waals surface area contributed by atoms with E-state index in [4.69, 9.17) is 0 Å². The summed E-state index contributed by atoms with van der Waals surface area (Å²) in [6, 6.07) is 7.77. The van der Waals surface area contributed by atoms with Gasteiger partial charge in [0.1, 0.15) is 6.17 Å². The molecule has 10 heteroatoms. The predicted molar refractivity (Wildman–Crippen MR) is 115 cm³/mol. The monoisotopic (exact) mass is 462 g/mol. The number of fused-ring (bicyclic) bond motifs is 1. The minimum atomic E-state index is -4.39. The number of amides is 1. The molecule has 4 aliphatic rings. The van der Waals surface area contributed by atoms with E-state index in [1.54, 1.807) is 0 Å².